The summed E-state index contributed by atoms with van der Waals surface area (Å²) in [6.07, 6.45) is 0.422. The van der Waals surface area contributed by atoms with E-state index in [1.54, 1.807) is 0 Å². The second kappa shape index (κ2) is 4.89. The summed E-state index contributed by atoms with van der Waals surface area (Å²) in [5.41, 5.74) is 0.846. The van der Waals surface area contributed by atoms with Gasteiger partial charge in [0.05, 0.1) is 4.90 Å². The average Bonchev–Trinajstić information content (AvgIpc) is 2.75. The molecule has 2 aliphatic heterocycles. The van der Waals surface area contributed by atoms with Crippen LogP contribution in [0.1, 0.15) is 28.8 Å². The molecule has 9 heteroatoms. The molecule has 1 atom stereocenters. The fraction of sp³-hybridized carbons (Fsp3) is 0.308. The van der Waals surface area contributed by atoms with Crippen molar-refractivity contribution in [2.45, 2.75) is 30.3 Å². The minimum atomic E-state index is -3.86. The third-order valence-corrected chi connectivity index (χ3v) is 4.73. The number of carbonyl (C=O) groups excluding carboxylic acids is 3. The molecule has 8 nitrogen and oxygen atoms in total. The lowest BCUT2D eigenvalue weighted by molar-refractivity contribution is -0.136. The van der Waals surface area contributed by atoms with Gasteiger partial charge >= 0.3 is 0 Å². The van der Waals surface area contributed by atoms with Gasteiger partial charge in [-0.2, -0.15) is 0 Å². The molecule has 0 bridgehead atoms. The van der Waals surface area contributed by atoms with Crippen LogP contribution in [0.4, 0.5) is 0 Å². The van der Waals surface area contributed by atoms with Crippen molar-refractivity contribution in [2.24, 2.45) is 5.14 Å². The van der Waals surface area contributed by atoms with Gasteiger partial charge in [0.15, 0.2) is 0 Å². The lowest BCUT2D eigenvalue weighted by atomic mass is 10.0. The van der Waals surface area contributed by atoms with Crippen LogP contribution in [0.25, 0.3) is 0 Å². The Hall–Kier alpha value is -2.26. The van der Waals surface area contributed by atoms with E-state index in [1.807, 2.05) is 0 Å². The first-order valence-electron chi connectivity index (χ1n) is 6.58. The molecule has 116 valence electrons. The van der Waals surface area contributed by atoms with E-state index in [0.29, 0.717) is 11.1 Å². The lowest BCUT2D eigenvalue weighted by Crippen LogP contribution is -2.52. The first-order chi connectivity index (χ1) is 10.3. The van der Waals surface area contributed by atoms with E-state index in [4.69, 9.17) is 5.14 Å². The normalized spacial score (nSPS) is 21.8. The van der Waals surface area contributed by atoms with Gasteiger partial charge in [-0.3, -0.25) is 19.7 Å². The number of nitrogens with zero attached hydrogens (tertiary/aromatic N) is 1. The average molecular weight is 323 g/mol. The van der Waals surface area contributed by atoms with Crippen molar-refractivity contribution < 1.29 is 22.8 Å². The number of hydrogen-bond acceptors (Lipinski definition) is 5. The van der Waals surface area contributed by atoms with Crippen LogP contribution in [0, 0.1) is 0 Å². The third kappa shape index (κ3) is 2.38. The summed E-state index contributed by atoms with van der Waals surface area (Å²) in [5, 5.41) is 7.27. The number of benzene rings is 1. The summed E-state index contributed by atoms with van der Waals surface area (Å²) in [6.45, 7) is 0.115. The maximum absolute atomic E-state index is 12.4. The number of amides is 3. The molecule has 1 aromatic rings. The van der Waals surface area contributed by atoms with Crippen LogP contribution in [-0.4, -0.2) is 37.1 Å². The molecule has 0 saturated carbocycles. The fourth-order valence-corrected chi connectivity index (χ4v) is 3.29. The topological polar surface area (TPSA) is 127 Å². The molecule has 1 fully saturated rings. The maximum Gasteiger partial charge on any atom is 0.255 e. The molecule has 3 N–H and O–H groups in total. The highest BCUT2D eigenvalue weighted by Crippen LogP contribution is 2.28. The second-order valence-electron chi connectivity index (χ2n) is 5.26. The van der Waals surface area contributed by atoms with Crippen LogP contribution in [-0.2, 0) is 26.2 Å². The van der Waals surface area contributed by atoms with Crippen molar-refractivity contribution >= 4 is 27.7 Å². The van der Waals surface area contributed by atoms with Crippen LogP contribution in [0.3, 0.4) is 0 Å². The molecule has 22 heavy (non-hydrogen) atoms. The van der Waals surface area contributed by atoms with Crippen LogP contribution >= 0.6 is 0 Å². The first-order valence-corrected chi connectivity index (χ1v) is 8.12. The highest BCUT2D eigenvalue weighted by Gasteiger charge is 2.39. The van der Waals surface area contributed by atoms with Gasteiger partial charge in [0.1, 0.15) is 6.04 Å². The Morgan fingerprint density at radius 3 is 2.59 bits per heavy atom. The van der Waals surface area contributed by atoms with E-state index in [-0.39, 0.29) is 36.1 Å². The Bertz CT molecular complexity index is 802. The summed E-state index contributed by atoms with van der Waals surface area (Å²) in [7, 11) is -3.86. The molecule has 2 heterocycles. The van der Waals surface area contributed by atoms with Gasteiger partial charge in [0.2, 0.25) is 21.8 Å². The summed E-state index contributed by atoms with van der Waals surface area (Å²) < 4.78 is 22.7. The number of nitrogens with two attached hydrogens (primary N) is 1. The maximum atomic E-state index is 12.4. The Balaban J connectivity index is 1.91. The van der Waals surface area contributed by atoms with E-state index < -0.39 is 22.0 Å². The largest absolute Gasteiger partial charge is 0.322 e. The van der Waals surface area contributed by atoms with Crippen molar-refractivity contribution in [3.8, 4) is 0 Å². The minimum Gasteiger partial charge on any atom is -0.322 e. The van der Waals surface area contributed by atoms with Gasteiger partial charge < -0.3 is 4.90 Å². The predicted octanol–water partition coefficient (Wildman–Crippen LogP) is -0.905. The number of fused-ring (bicyclic) bond motifs is 1. The van der Waals surface area contributed by atoms with E-state index in [2.05, 4.69) is 5.32 Å². The number of nitrogens with one attached hydrogen (secondary N) is 1. The molecule has 3 rings (SSSR count). The number of piperidine rings is 1. The molecule has 0 aliphatic carbocycles. The van der Waals surface area contributed by atoms with Gasteiger partial charge in [-0.1, -0.05) is 0 Å². The van der Waals surface area contributed by atoms with E-state index in [9.17, 15) is 22.8 Å². The number of sulfonamides is 1. The van der Waals surface area contributed by atoms with E-state index in [1.165, 1.54) is 23.1 Å². The van der Waals surface area contributed by atoms with Gasteiger partial charge in [-0.05, 0) is 30.2 Å². The molecule has 1 saturated heterocycles. The smallest absolute Gasteiger partial charge is 0.255 e. The number of hydrogen-bond donors (Lipinski definition) is 2. The molecule has 0 aromatic heterocycles. The van der Waals surface area contributed by atoms with Gasteiger partial charge in [-0.25, -0.2) is 13.6 Å². The molecule has 0 spiro atoms. The molecule has 1 unspecified atom stereocenters. The van der Waals surface area contributed by atoms with Crippen molar-refractivity contribution in [2.75, 3.05) is 0 Å². The van der Waals surface area contributed by atoms with Gasteiger partial charge in [0, 0.05) is 18.5 Å². The molecule has 3 amide bonds. The van der Waals surface area contributed by atoms with Gasteiger partial charge in [-0.15, -0.1) is 0 Å². The van der Waals surface area contributed by atoms with Crippen molar-refractivity contribution in [1.29, 1.82) is 0 Å². The van der Waals surface area contributed by atoms with Crippen LogP contribution in [0.2, 0.25) is 0 Å². The van der Waals surface area contributed by atoms with Crippen molar-refractivity contribution in [1.82, 2.24) is 10.2 Å². The molecular formula is C13H13N3O5S. The Kier molecular flexibility index (Phi) is 3.26. The number of primary sulfonamides is 1. The monoisotopic (exact) mass is 323 g/mol. The third-order valence-electron chi connectivity index (χ3n) is 3.82. The zero-order valence-electron chi connectivity index (χ0n) is 11.4. The van der Waals surface area contributed by atoms with Crippen LogP contribution < -0.4 is 10.5 Å². The highest BCUT2D eigenvalue weighted by atomic mass is 32.2. The molecule has 2 aliphatic rings. The number of rotatable bonds is 2. The summed E-state index contributed by atoms with van der Waals surface area (Å²) in [6, 6.07) is 3.27. The molecule has 0 radical (unpaired) electrons. The van der Waals surface area contributed by atoms with Gasteiger partial charge in [0.25, 0.3) is 5.91 Å². The minimum absolute atomic E-state index is 0.0795. The van der Waals surface area contributed by atoms with E-state index in [0.717, 1.165) is 0 Å². The molecule has 1 aromatic carbocycles. The zero-order chi connectivity index (χ0) is 16.1. The second-order valence-corrected chi connectivity index (χ2v) is 6.83. The molecular weight excluding hydrogens is 310 g/mol. The lowest BCUT2D eigenvalue weighted by Gasteiger charge is -2.29. The standard InChI is InChI=1S/C13H13N3O5S/c14-22(20,21)8-1-2-9-7(5-8)6-16(13(9)19)10-3-4-11(17)15-12(10)18/h1-2,5,10H,3-4,6H2,(H2,14,20,21)(H,15,17,18). The number of imide groups is 1. The first kappa shape index (κ1) is 14.7. The zero-order valence-corrected chi connectivity index (χ0v) is 12.2. The van der Waals surface area contributed by atoms with Crippen molar-refractivity contribution in [3.05, 3.63) is 29.3 Å². The summed E-state index contributed by atoms with van der Waals surface area (Å²) >= 11 is 0. The van der Waals surface area contributed by atoms with E-state index >= 15 is 0 Å². The summed E-state index contributed by atoms with van der Waals surface area (Å²) in [4.78, 5) is 36.7. The van der Waals surface area contributed by atoms with Crippen molar-refractivity contribution in [3.63, 3.8) is 0 Å². The Morgan fingerprint density at radius 1 is 1.23 bits per heavy atom. The van der Waals surface area contributed by atoms with Crippen LogP contribution in [0.15, 0.2) is 23.1 Å². The predicted molar refractivity (Wildman–Crippen MR) is 73.9 cm³/mol. The summed E-state index contributed by atoms with van der Waals surface area (Å²) in [5.74, 6) is -1.23. The Labute approximate surface area is 126 Å². The Morgan fingerprint density at radius 2 is 1.95 bits per heavy atom. The number of carbonyl (C=O) groups is 3. The quantitative estimate of drug-likeness (QED) is 0.682. The van der Waals surface area contributed by atoms with Crippen LogP contribution in [0.5, 0.6) is 0 Å². The fourth-order valence-electron chi connectivity index (χ4n) is 2.73. The SMILES string of the molecule is NS(=O)(=O)c1ccc2c(c1)CN(C1CCC(=O)NC1=O)C2=O. The highest BCUT2D eigenvalue weighted by molar-refractivity contribution is 7.89.